The number of carbonyl (C=O) groups is 2. The molecule has 1 saturated heterocycles. The van der Waals surface area contributed by atoms with Crippen LogP contribution in [0.15, 0.2) is 24.3 Å². The maximum absolute atomic E-state index is 12.4. The number of hydrogen-bond donors (Lipinski definition) is 2. The fraction of sp³-hybridized carbons (Fsp3) is 0.526. The van der Waals surface area contributed by atoms with Crippen molar-refractivity contribution in [3.8, 4) is 0 Å². The van der Waals surface area contributed by atoms with Gasteiger partial charge in [0.2, 0.25) is 5.91 Å². The first-order chi connectivity index (χ1) is 12.7. The molecule has 3 rings (SSSR count). The maximum Gasteiger partial charge on any atom is 0.272 e. The van der Waals surface area contributed by atoms with Gasteiger partial charge in [0, 0.05) is 38.0 Å². The number of para-hydroxylation sites is 1. The van der Waals surface area contributed by atoms with E-state index in [1.807, 2.05) is 29.2 Å². The summed E-state index contributed by atoms with van der Waals surface area (Å²) in [5, 5.41) is 10.5. The molecule has 7 heteroatoms. The van der Waals surface area contributed by atoms with E-state index in [0.717, 1.165) is 56.5 Å². The van der Waals surface area contributed by atoms with Gasteiger partial charge in [-0.25, -0.2) is 0 Å². The monoisotopic (exact) mass is 357 g/mol. The van der Waals surface area contributed by atoms with Gasteiger partial charge < -0.3 is 15.1 Å². The van der Waals surface area contributed by atoms with E-state index in [4.69, 9.17) is 0 Å². The summed E-state index contributed by atoms with van der Waals surface area (Å²) in [6.45, 7) is 7.17. The second kappa shape index (κ2) is 8.80. The molecule has 0 atom stereocenters. The number of aromatic amines is 1. The largest absolute Gasteiger partial charge is 0.350 e. The van der Waals surface area contributed by atoms with Gasteiger partial charge >= 0.3 is 0 Å². The molecule has 2 aromatic rings. The number of H-pyrrole nitrogens is 1. The van der Waals surface area contributed by atoms with Crippen molar-refractivity contribution in [3.05, 3.63) is 30.0 Å². The lowest BCUT2D eigenvalue weighted by Crippen LogP contribution is -2.37. The van der Waals surface area contributed by atoms with Crippen molar-refractivity contribution in [2.24, 2.45) is 0 Å². The predicted octanol–water partition coefficient (Wildman–Crippen LogP) is 1.63. The number of carbonyl (C=O) groups excluding carboxylic acids is 2. The number of aromatic nitrogens is 2. The van der Waals surface area contributed by atoms with Crippen molar-refractivity contribution in [1.82, 2.24) is 25.3 Å². The van der Waals surface area contributed by atoms with Crippen LogP contribution in [0.4, 0.5) is 0 Å². The Bertz CT molecular complexity index is 757. The van der Waals surface area contributed by atoms with Crippen molar-refractivity contribution >= 4 is 22.7 Å². The highest BCUT2D eigenvalue weighted by Gasteiger charge is 2.19. The van der Waals surface area contributed by atoms with Crippen LogP contribution in [0.5, 0.6) is 0 Å². The van der Waals surface area contributed by atoms with Crippen LogP contribution in [0.3, 0.4) is 0 Å². The molecule has 1 aromatic carbocycles. The highest BCUT2D eigenvalue weighted by molar-refractivity contribution is 6.04. The summed E-state index contributed by atoms with van der Waals surface area (Å²) >= 11 is 0. The minimum atomic E-state index is -0.250. The standard InChI is InChI=1S/C19H27N5O2/c1-2-10-23-11-5-12-24(14-13-23)17(25)8-9-20-19(26)18-15-6-3-4-7-16(15)21-22-18/h3-4,6-7H,2,5,8-14H2,1H3,(H,20,26)(H,21,22). The lowest BCUT2D eigenvalue weighted by Gasteiger charge is -2.21. The topological polar surface area (TPSA) is 81.3 Å². The van der Waals surface area contributed by atoms with Gasteiger partial charge in [0.25, 0.3) is 5.91 Å². The highest BCUT2D eigenvalue weighted by atomic mass is 16.2. The third-order valence-corrected chi connectivity index (χ3v) is 4.79. The molecule has 2 amide bonds. The SMILES string of the molecule is CCCN1CCCN(C(=O)CCNC(=O)c2n[nH]c3ccccc23)CC1. The van der Waals surface area contributed by atoms with Crippen LogP contribution in [0.1, 0.15) is 36.7 Å². The van der Waals surface area contributed by atoms with Gasteiger partial charge in [-0.05, 0) is 32.0 Å². The van der Waals surface area contributed by atoms with E-state index in [2.05, 4.69) is 27.3 Å². The average Bonchev–Trinajstić information content (AvgIpc) is 2.94. The fourth-order valence-corrected chi connectivity index (χ4v) is 3.42. The molecule has 2 heterocycles. The molecule has 26 heavy (non-hydrogen) atoms. The number of nitrogens with zero attached hydrogens (tertiary/aromatic N) is 3. The van der Waals surface area contributed by atoms with Gasteiger partial charge in [-0.1, -0.05) is 25.1 Å². The van der Waals surface area contributed by atoms with Crippen LogP contribution in [0.25, 0.3) is 10.9 Å². The number of benzene rings is 1. The summed E-state index contributed by atoms with van der Waals surface area (Å²) in [5.74, 6) is -0.143. The third-order valence-electron chi connectivity index (χ3n) is 4.79. The number of fused-ring (bicyclic) bond motifs is 1. The van der Waals surface area contributed by atoms with Gasteiger partial charge in [0.05, 0.1) is 5.52 Å². The van der Waals surface area contributed by atoms with E-state index in [1.165, 1.54) is 0 Å². The van der Waals surface area contributed by atoms with E-state index < -0.39 is 0 Å². The smallest absolute Gasteiger partial charge is 0.272 e. The zero-order valence-corrected chi connectivity index (χ0v) is 15.3. The molecular weight excluding hydrogens is 330 g/mol. The molecule has 1 aromatic heterocycles. The fourth-order valence-electron chi connectivity index (χ4n) is 3.42. The summed E-state index contributed by atoms with van der Waals surface area (Å²) in [4.78, 5) is 29.1. The first kappa shape index (κ1) is 18.4. The van der Waals surface area contributed by atoms with E-state index in [1.54, 1.807) is 0 Å². The Balaban J connectivity index is 1.47. The summed E-state index contributed by atoms with van der Waals surface area (Å²) in [5.41, 5.74) is 1.20. The maximum atomic E-state index is 12.4. The Kier molecular flexibility index (Phi) is 6.22. The van der Waals surface area contributed by atoms with Crippen molar-refractivity contribution in [3.63, 3.8) is 0 Å². The van der Waals surface area contributed by atoms with E-state index in [9.17, 15) is 9.59 Å². The highest BCUT2D eigenvalue weighted by Crippen LogP contribution is 2.14. The zero-order valence-electron chi connectivity index (χ0n) is 15.3. The molecule has 0 unspecified atom stereocenters. The van der Waals surface area contributed by atoms with Crippen molar-refractivity contribution in [2.75, 3.05) is 39.3 Å². The Labute approximate surface area is 153 Å². The second-order valence-electron chi connectivity index (χ2n) is 6.70. The molecule has 1 aliphatic heterocycles. The van der Waals surface area contributed by atoms with E-state index in [-0.39, 0.29) is 11.8 Å². The summed E-state index contributed by atoms with van der Waals surface area (Å²) in [6.07, 6.45) is 2.47. The van der Waals surface area contributed by atoms with Gasteiger partial charge in [0.1, 0.15) is 0 Å². The summed E-state index contributed by atoms with van der Waals surface area (Å²) < 4.78 is 0. The Hall–Kier alpha value is -2.41. The molecule has 1 aliphatic rings. The van der Waals surface area contributed by atoms with Gasteiger partial charge in [-0.2, -0.15) is 5.10 Å². The average molecular weight is 357 g/mol. The summed E-state index contributed by atoms with van der Waals surface area (Å²) in [6, 6.07) is 7.50. The van der Waals surface area contributed by atoms with Crippen LogP contribution in [-0.4, -0.2) is 71.1 Å². The van der Waals surface area contributed by atoms with E-state index in [0.29, 0.717) is 18.7 Å². The molecule has 140 valence electrons. The molecule has 0 bridgehead atoms. The number of nitrogens with one attached hydrogen (secondary N) is 2. The molecule has 0 spiro atoms. The number of hydrogen-bond acceptors (Lipinski definition) is 4. The third kappa shape index (κ3) is 4.40. The molecule has 2 N–H and O–H groups in total. The van der Waals surface area contributed by atoms with Crippen molar-refractivity contribution in [1.29, 1.82) is 0 Å². The summed E-state index contributed by atoms with van der Waals surface area (Å²) in [7, 11) is 0. The molecule has 0 aliphatic carbocycles. The zero-order chi connectivity index (χ0) is 18.4. The lowest BCUT2D eigenvalue weighted by atomic mass is 10.2. The number of rotatable bonds is 6. The van der Waals surface area contributed by atoms with Gasteiger partial charge in [0.15, 0.2) is 5.69 Å². The predicted molar refractivity (Wildman–Crippen MR) is 101 cm³/mol. The molecular formula is C19H27N5O2. The van der Waals surface area contributed by atoms with Gasteiger partial charge in [-0.3, -0.25) is 14.7 Å². The Morgan fingerprint density at radius 2 is 2.04 bits per heavy atom. The Morgan fingerprint density at radius 1 is 1.19 bits per heavy atom. The van der Waals surface area contributed by atoms with Crippen LogP contribution >= 0.6 is 0 Å². The minimum Gasteiger partial charge on any atom is -0.350 e. The molecule has 7 nitrogen and oxygen atoms in total. The second-order valence-corrected chi connectivity index (χ2v) is 6.70. The molecule has 0 saturated carbocycles. The molecule has 0 radical (unpaired) electrons. The number of amides is 2. The first-order valence-electron chi connectivity index (χ1n) is 9.40. The van der Waals surface area contributed by atoms with Crippen molar-refractivity contribution < 1.29 is 9.59 Å². The lowest BCUT2D eigenvalue weighted by molar-refractivity contribution is -0.130. The van der Waals surface area contributed by atoms with E-state index >= 15 is 0 Å². The molecule has 1 fully saturated rings. The van der Waals surface area contributed by atoms with Gasteiger partial charge in [-0.15, -0.1) is 0 Å². The van der Waals surface area contributed by atoms with Crippen LogP contribution in [0.2, 0.25) is 0 Å². The van der Waals surface area contributed by atoms with Crippen LogP contribution in [-0.2, 0) is 4.79 Å². The normalized spacial score (nSPS) is 15.8. The van der Waals surface area contributed by atoms with Crippen LogP contribution < -0.4 is 5.32 Å². The van der Waals surface area contributed by atoms with Crippen molar-refractivity contribution in [2.45, 2.75) is 26.2 Å². The minimum absolute atomic E-state index is 0.107. The Morgan fingerprint density at radius 3 is 2.88 bits per heavy atom. The van der Waals surface area contributed by atoms with Crippen LogP contribution in [0, 0.1) is 0 Å². The first-order valence-corrected chi connectivity index (χ1v) is 9.40. The quantitative estimate of drug-likeness (QED) is 0.823.